The van der Waals surface area contributed by atoms with Crippen molar-refractivity contribution < 1.29 is 28.6 Å². The van der Waals surface area contributed by atoms with Crippen LogP contribution >= 0.6 is 11.3 Å². The SMILES string of the molecule is COC(=O)c1c(-c2ccc(F)cc2)csc1NC(=O)[C@H]1[C@H](C(=O)O)[C@H]2C=C[C@H]1C2. The van der Waals surface area contributed by atoms with Gasteiger partial charge in [-0.15, -0.1) is 11.3 Å². The Labute approximate surface area is 170 Å². The Morgan fingerprint density at radius 2 is 1.79 bits per heavy atom. The Kier molecular flexibility index (Phi) is 4.96. The smallest absolute Gasteiger partial charge is 0.341 e. The van der Waals surface area contributed by atoms with Crippen molar-refractivity contribution in [3.8, 4) is 11.1 Å². The van der Waals surface area contributed by atoms with Crippen LogP contribution in [0.25, 0.3) is 11.1 Å². The maximum Gasteiger partial charge on any atom is 0.341 e. The van der Waals surface area contributed by atoms with Gasteiger partial charge in [0.2, 0.25) is 5.91 Å². The van der Waals surface area contributed by atoms with Gasteiger partial charge in [-0.2, -0.15) is 0 Å². The maximum absolute atomic E-state index is 13.3. The lowest BCUT2D eigenvalue weighted by atomic mass is 9.82. The monoisotopic (exact) mass is 415 g/mol. The number of ether oxygens (including phenoxy) is 1. The lowest BCUT2D eigenvalue weighted by Crippen LogP contribution is -2.36. The minimum Gasteiger partial charge on any atom is -0.481 e. The van der Waals surface area contributed by atoms with Crippen LogP contribution < -0.4 is 5.32 Å². The number of allylic oxidation sites excluding steroid dienone is 2. The first-order valence-corrected chi connectivity index (χ1v) is 9.96. The molecular weight excluding hydrogens is 397 g/mol. The number of esters is 1. The largest absolute Gasteiger partial charge is 0.481 e. The van der Waals surface area contributed by atoms with Crippen LogP contribution in [0, 0.1) is 29.5 Å². The number of fused-ring (bicyclic) bond motifs is 2. The molecule has 150 valence electrons. The minimum absolute atomic E-state index is 0.126. The molecule has 4 rings (SSSR count). The van der Waals surface area contributed by atoms with Gasteiger partial charge in [-0.25, -0.2) is 9.18 Å². The highest BCUT2D eigenvalue weighted by molar-refractivity contribution is 7.15. The van der Waals surface area contributed by atoms with E-state index in [0.29, 0.717) is 17.5 Å². The minimum atomic E-state index is -0.992. The van der Waals surface area contributed by atoms with Crippen LogP contribution in [0.4, 0.5) is 9.39 Å². The van der Waals surface area contributed by atoms with E-state index in [9.17, 15) is 23.9 Å². The van der Waals surface area contributed by atoms with Gasteiger partial charge in [0.1, 0.15) is 16.4 Å². The first kappa shape index (κ1) is 19.3. The quantitative estimate of drug-likeness (QED) is 0.572. The Morgan fingerprint density at radius 1 is 1.14 bits per heavy atom. The third-order valence-corrected chi connectivity index (χ3v) is 6.52. The van der Waals surface area contributed by atoms with Gasteiger partial charge >= 0.3 is 11.9 Å². The first-order valence-electron chi connectivity index (χ1n) is 9.08. The Bertz CT molecular complexity index is 1010. The number of benzene rings is 1. The number of amides is 1. The van der Waals surface area contributed by atoms with E-state index < -0.39 is 35.5 Å². The van der Waals surface area contributed by atoms with Crippen LogP contribution in [-0.2, 0) is 14.3 Å². The fourth-order valence-electron chi connectivity index (χ4n) is 4.31. The summed E-state index contributed by atoms with van der Waals surface area (Å²) in [7, 11) is 1.24. The predicted octanol–water partition coefficient (Wildman–Crippen LogP) is 3.80. The summed E-state index contributed by atoms with van der Waals surface area (Å²) >= 11 is 1.14. The van der Waals surface area contributed by atoms with E-state index in [1.807, 2.05) is 12.2 Å². The van der Waals surface area contributed by atoms with Crippen LogP contribution in [0.15, 0.2) is 41.8 Å². The number of hydrogen-bond acceptors (Lipinski definition) is 5. The van der Waals surface area contributed by atoms with Crippen LogP contribution in [0.3, 0.4) is 0 Å². The Morgan fingerprint density at radius 3 is 2.41 bits per heavy atom. The van der Waals surface area contributed by atoms with Crippen LogP contribution in [0.1, 0.15) is 16.8 Å². The second-order valence-electron chi connectivity index (χ2n) is 7.18. The van der Waals surface area contributed by atoms with Gasteiger partial charge in [0.15, 0.2) is 0 Å². The Balaban J connectivity index is 1.66. The molecule has 2 aliphatic carbocycles. The van der Waals surface area contributed by atoms with E-state index in [1.54, 1.807) is 5.38 Å². The number of nitrogens with one attached hydrogen (secondary N) is 1. The van der Waals surface area contributed by atoms with Gasteiger partial charge in [-0.05, 0) is 36.0 Å². The zero-order valence-electron chi connectivity index (χ0n) is 15.4. The van der Waals surface area contributed by atoms with Gasteiger partial charge in [0.25, 0.3) is 0 Å². The molecule has 1 fully saturated rings. The zero-order chi connectivity index (χ0) is 20.7. The third-order valence-electron chi connectivity index (χ3n) is 5.62. The topological polar surface area (TPSA) is 92.7 Å². The number of carboxylic acid groups (broad SMARTS) is 1. The summed E-state index contributed by atoms with van der Waals surface area (Å²) in [6.45, 7) is 0. The molecule has 0 aliphatic heterocycles. The highest BCUT2D eigenvalue weighted by Gasteiger charge is 2.51. The average molecular weight is 415 g/mol. The highest BCUT2D eigenvalue weighted by Crippen LogP contribution is 2.49. The number of halogens is 1. The van der Waals surface area contributed by atoms with Crippen molar-refractivity contribution in [3.05, 3.63) is 53.2 Å². The maximum atomic E-state index is 13.3. The Hall–Kier alpha value is -3.00. The van der Waals surface area contributed by atoms with Gasteiger partial charge < -0.3 is 15.2 Å². The molecule has 1 heterocycles. The molecule has 6 nitrogen and oxygen atoms in total. The van der Waals surface area contributed by atoms with E-state index in [2.05, 4.69) is 5.32 Å². The summed E-state index contributed by atoms with van der Waals surface area (Å²) in [5.74, 6) is -4.19. The molecule has 1 aromatic carbocycles. The molecule has 0 radical (unpaired) electrons. The summed E-state index contributed by atoms with van der Waals surface area (Å²) in [5, 5.41) is 14.3. The van der Waals surface area contributed by atoms with Crippen LogP contribution in [0.5, 0.6) is 0 Å². The molecule has 8 heteroatoms. The first-order chi connectivity index (χ1) is 13.9. The summed E-state index contributed by atoms with van der Waals surface area (Å²) < 4.78 is 18.1. The lowest BCUT2D eigenvalue weighted by molar-refractivity contribution is -0.146. The molecule has 1 aromatic heterocycles. The average Bonchev–Trinajstić information content (AvgIpc) is 3.42. The van der Waals surface area contributed by atoms with Crippen molar-refractivity contribution in [2.75, 3.05) is 12.4 Å². The number of carbonyl (C=O) groups is 3. The summed E-state index contributed by atoms with van der Waals surface area (Å²) in [4.78, 5) is 37.1. The standard InChI is InChI=1S/C21H18FNO5S/c1-28-21(27)17-14(10-4-6-13(22)7-5-10)9-29-19(17)23-18(24)15-11-2-3-12(8-11)16(15)20(25)26/h2-7,9,11-12,15-16H,8H2,1H3,(H,23,24)(H,25,26)/t11-,12-,15+,16+/m0/s1. The van der Waals surface area contributed by atoms with E-state index >= 15 is 0 Å². The molecule has 1 saturated carbocycles. The molecule has 2 aromatic rings. The third kappa shape index (κ3) is 3.33. The van der Waals surface area contributed by atoms with E-state index in [1.165, 1.54) is 31.4 Å². The molecule has 1 amide bonds. The number of hydrogen-bond donors (Lipinski definition) is 2. The van der Waals surface area contributed by atoms with Crippen molar-refractivity contribution in [2.24, 2.45) is 23.7 Å². The van der Waals surface area contributed by atoms with E-state index in [-0.39, 0.29) is 22.4 Å². The molecular formula is C21H18FNO5S. The number of carbonyl (C=O) groups excluding carboxylic acids is 2. The van der Waals surface area contributed by atoms with Gasteiger partial charge in [-0.3, -0.25) is 9.59 Å². The van der Waals surface area contributed by atoms with Crippen molar-refractivity contribution >= 4 is 34.2 Å². The summed E-state index contributed by atoms with van der Waals surface area (Å²) in [6, 6.07) is 5.64. The van der Waals surface area contributed by atoms with E-state index in [0.717, 1.165) is 11.3 Å². The molecule has 2 N–H and O–H groups in total. The van der Waals surface area contributed by atoms with Gasteiger partial charge in [0.05, 0.1) is 18.9 Å². The number of carboxylic acids is 1. The summed E-state index contributed by atoms with van der Waals surface area (Å²) in [6.07, 6.45) is 4.41. The predicted molar refractivity (Wildman–Crippen MR) is 105 cm³/mol. The molecule has 0 saturated heterocycles. The van der Waals surface area contributed by atoms with Gasteiger partial charge in [-0.1, -0.05) is 24.3 Å². The number of rotatable bonds is 5. The number of methoxy groups -OCH3 is 1. The molecule has 4 atom stereocenters. The number of aliphatic carboxylic acids is 1. The molecule has 2 aliphatic rings. The fourth-order valence-corrected chi connectivity index (χ4v) is 5.27. The zero-order valence-corrected chi connectivity index (χ0v) is 16.2. The normalized spacial score (nSPS) is 24.5. The highest BCUT2D eigenvalue weighted by atomic mass is 32.1. The van der Waals surface area contributed by atoms with Crippen LogP contribution in [-0.4, -0.2) is 30.1 Å². The van der Waals surface area contributed by atoms with Crippen molar-refractivity contribution in [1.29, 1.82) is 0 Å². The fraction of sp³-hybridized carbons (Fsp3) is 0.286. The molecule has 0 spiro atoms. The second kappa shape index (κ2) is 7.44. The van der Waals surface area contributed by atoms with Crippen molar-refractivity contribution in [1.82, 2.24) is 0 Å². The molecule has 2 bridgehead atoms. The van der Waals surface area contributed by atoms with Crippen molar-refractivity contribution in [2.45, 2.75) is 6.42 Å². The number of thiophene rings is 1. The lowest BCUT2D eigenvalue weighted by Gasteiger charge is -2.23. The molecule has 29 heavy (non-hydrogen) atoms. The number of anilines is 1. The van der Waals surface area contributed by atoms with Crippen LogP contribution in [0.2, 0.25) is 0 Å². The summed E-state index contributed by atoms with van der Waals surface area (Å²) in [5.41, 5.74) is 1.29. The van der Waals surface area contributed by atoms with E-state index in [4.69, 9.17) is 4.74 Å². The molecule has 0 unspecified atom stereocenters. The van der Waals surface area contributed by atoms with Crippen molar-refractivity contribution in [3.63, 3.8) is 0 Å². The second-order valence-corrected chi connectivity index (χ2v) is 8.06. The van der Waals surface area contributed by atoms with Gasteiger partial charge in [0, 0.05) is 10.9 Å².